The molecular weight excluding hydrogens is 239 g/mol. The highest BCUT2D eigenvalue weighted by molar-refractivity contribution is 8.12. The Hall–Kier alpha value is -0.700. The van der Waals surface area contributed by atoms with Gasteiger partial charge in [0.1, 0.15) is 0 Å². The van der Waals surface area contributed by atoms with Crippen LogP contribution in [0.15, 0.2) is 0 Å². The third-order valence-electron chi connectivity index (χ3n) is 0.572. The zero-order valence-electron chi connectivity index (χ0n) is 5.76. The molecule has 0 aromatic heterocycles. The van der Waals surface area contributed by atoms with Gasteiger partial charge in [0.25, 0.3) is 0 Å². The molecule has 0 atom stereocenters. The van der Waals surface area contributed by atoms with Gasteiger partial charge in [-0.25, -0.2) is 9.52 Å². The van der Waals surface area contributed by atoms with Crippen molar-refractivity contribution < 1.29 is 31.1 Å². The highest BCUT2D eigenvalue weighted by Crippen LogP contribution is 2.14. The first-order valence-corrected chi connectivity index (χ1v) is 4.87. The van der Waals surface area contributed by atoms with E-state index in [0.29, 0.717) is 0 Å². The summed E-state index contributed by atoms with van der Waals surface area (Å²) in [4.78, 5) is 10.2. The number of halogens is 4. The summed E-state index contributed by atoms with van der Waals surface area (Å²) in [6.07, 6.45) is -6.50. The van der Waals surface area contributed by atoms with Crippen molar-refractivity contribution in [1.29, 1.82) is 0 Å². The van der Waals surface area contributed by atoms with Crippen molar-refractivity contribution in [3.8, 4) is 0 Å². The minimum absolute atomic E-state index is 0.968. The summed E-state index contributed by atoms with van der Waals surface area (Å²) in [5, 5.41) is 0. The number of carbonyl (C=O) groups excluding carboxylic acids is 1. The van der Waals surface area contributed by atoms with Crippen LogP contribution in [0.2, 0.25) is 0 Å². The second kappa shape index (κ2) is 4.01. The number of hydrogen-bond donors (Lipinski definition) is 1. The van der Waals surface area contributed by atoms with Crippen molar-refractivity contribution in [2.45, 2.75) is 6.18 Å². The van der Waals surface area contributed by atoms with Crippen LogP contribution in [-0.2, 0) is 14.0 Å². The second-order valence-electron chi connectivity index (χ2n) is 1.73. The molecule has 0 aliphatic heterocycles. The quantitative estimate of drug-likeness (QED) is 0.725. The average Bonchev–Trinajstić information content (AvgIpc) is 1.78. The molecule has 0 aromatic carbocycles. The first-order chi connectivity index (χ1) is 5.60. The maximum absolute atomic E-state index is 11.4. The smallest absolute Gasteiger partial charge is 0.422 e. The monoisotopic (exact) mass is 241 g/mol. The van der Waals surface area contributed by atoms with Gasteiger partial charge in [-0.3, -0.25) is 0 Å². The second-order valence-corrected chi connectivity index (χ2v) is 4.03. The van der Waals surface area contributed by atoms with E-state index in [4.69, 9.17) is 0 Å². The zero-order valence-corrected chi connectivity index (χ0v) is 7.33. The number of amides is 1. The number of rotatable bonds is 2. The van der Waals surface area contributed by atoms with Crippen molar-refractivity contribution in [3.63, 3.8) is 0 Å². The van der Waals surface area contributed by atoms with E-state index in [9.17, 15) is 26.4 Å². The first kappa shape index (κ1) is 12.3. The molecular formula is C3H3ClF3NO4S. The van der Waals surface area contributed by atoms with E-state index in [1.807, 2.05) is 0 Å². The summed E-state index contributed by atoms with van der Waals surface area (Å²) >= 11 is 0. The zero-order chi connectivity index (χ0) is 10.7. The van der Waals surface area contributed by atoms with Crippen LogP contribution < -0.4 is 4.72 Å². The fourth-order valence-electron chi connectivity index (χ4n) is 0.276. The Balaban J connectivity index is 3.92. The van der Waals surface area contributed by atoms with E-state index in [1.54, 1.807) is 0 Å². The molecule has 0 saturated carbocycles. The molecule has 0 bridgehead atoms. The van der Waals surface area contributed by atoms with Crippen LogP contribution in [0.4, 0.5) is 18.0 Å². The van der Waals surface area contributed by atoms with E-state index in [1.165, 1.54) is 0 Å². The van der Waals surface area contributed by atoms with Gasteiger partial charge >= 0.3 is 21.5 Å². The van der Waals surface area contributed by atoms with Gasteiger partial charge in [-0.2, -0.15) is 21.6 Å². The van der Waals surface area contributed by atoms with Crippen LogP contribution in [0.1, 0.15) is 0 Å². The molecule has 1 amide bonds. The topological polar surface area (TPSA) is 72.5 Å². The van der Waals surface area contributed by atoms with Crippen molar-refractivity contribution >= 4 is 26.0 Å². The molecule has 0 rings (SSSR count). The molecule has 0 aliphatic carbocycles. The van der Waals surface area contributed by atoms with E-state index < -0.39 is 28.1 Å². The highest BCUT2D eigenvalue weighted by atomic mass is 35.7. The lowest BCUT2D eigenvalue weighted by atomic mass is 10.7. The Morgan fingerprint density at radius 2 is 1.92 bits per heavy atom. The van der Waals surface area contributed by atoms with Gasteiger partial charge in [-0.05, 0) is 0 Å². The number of nitrogens with one attached hydrogen (secondary N) is 1. The van der Waals surface area contributed by atoms with Crippen molar-refractivity contribution in [2.75, 3.05) is 6.61 Å². The minimum Gasteiger partial charge on any atom is -0.439 e. The number of ether oxygens (including phenoxy) is 1. The Morgan fingerprint density at radius 3 is 2.23 bits per heavy atom. The standard InChI is InChI=1S/C3H3ClF3NO4S/c4-13(10,11)8-2(9)12-1-3(5,6)7/h1H2,(H,8,9). The summed E-state index contributed by atoms with van der Waals surface area (Å²) < 4.78 is 58.6. The molecule has 0 spiro atoms. The molecule has 13 heavy (non-hydrogen) atoms. The van der Waals surface area contributed by atoms with Gasteiger partial charge in [-0.15, -0.1) is 0 Å². The predicted molar refractivity (Wildman–Crippen MR) is 35.3 cm³/mol. The molecule has 5 nitrogen and oxygen atoms in total. The van der Waals surface area contributed by atoms with Crippen LogP contribution in [0.25, 0.3) is 0 Å². The van der Waals surface area contributed by atoms with Gasteiger partial charge < -0.3 is 4.74 Å². The first-order valence-electron chi connectivity index (χ1n) is 2.56. The van der Waals surface area contributed by atoms with E-state index in [0.717, 1.165) is 4.72 Å². The van der Waals surface area contributed by atoms with Crippen molar-refractivity contribution in [1.82, 2.24) is 4.72 Å². The van der Waals surface area contributed by atoms with Crippen LogP contribution in [-0.4, -0.2) is 27.3 Å². The normalized spacial score (nSPS) is 12.3. The molecule has 0 aromatic rings. The van der Waals surface area contributed by atoms with Crippen LogP contribution in [0, 0.1) is 0 Å². The molecule has 0 fully saturated rings. The van der Waals surface area contributed by atoms with Gasteiger partial charge in [-0.1, -0.05) is 0 Å². The lowest BCUT2D eigenvalue weighted by molar-refractivity contribution is -0.159. The molecule has 0 aliphatic rings. The fraction of sp³-hybridized carbons (Fsp3) is 0.667. The summed E-state index contributed by atoms with van der Waals surface area (Å²) in [5.74, 6) is 0. The third-order valence-corrected chi connectivity index (χ3v) is 1.21. The largest absolute Gasteiger partial charge is 0.439 e. The Kier molecular flexibility index (Phi) is 3.79. The highest BCUT2D eigenvalue weighted by Gasteiger charge is 2.30. The van der Waals surface area contributed by atoms with Gasteiger partial charge in [0.15, 0.2) is 6.61 Å². The van der Waals surface area contributed by atoms with Crippen LogP contribution >= 0.6 is 10.7 Å². The van der Waals surface area contributed by atoms with Crippen molar-refractivity contribution in [3.05, 3.63) is 0 Å². The summed E-state index contributed by atoms with van der Waals surface area (Å²) in [6.45, 7) is -1.88. The summed E-state index contributed by atoms with van der Waals surface area (Å²) in [5.41, 5.74) is 0. The van der Waals surface area contributed by atoms with Gasteiger partial charge in [0, 0.05) is 10.7 Å². The molecule has 1 N–H and O–H groups in total. The maximum atomic E-state index is 11.4. The fourth-order valence-corrected chi connectivity index (χ4v) is 0.723. The molecule has 0 unspecified atom stereocenters. The summed E-state index contributed by atoms with van der Waals surface area (Å²) in [7, 11) is 0.0463. The summed E-state index contributed by atoms with van der Waals surface area (Å²) in [6, 6.07) is 0. The van der Waals surface area contributed by atoms with E-state index in [2.05, 4.69) is 15.4 Å². The van der Waals surface area contributed by atoms with Crippen LogP contribution in [0.3, 0.4) is 0 Å². The molecule has 0 radical (unpaired) electrons. The number of carbonyl (C=O) groups is 1. The maximum Gasteiger partial charge on any atom is 0.422 e. The minimum atomic E-state index is -4.71. The molecule has 0 saturated heterocycles. The van der Waals surface area contributed by atoms with Gasteiger partial charge in [0.05, 0.1) is 0 Å². The van der Waals surface area contributed by atoms with E-state index >= 15 is 0 Å². The average molecular weight is 242 g/mol. The Morgan fingerprint density at radius 1 is 1.46 bits per heavy atom. The lowest BCUT2D eigenvalue weighted by Crippen LogP contribution is -2.30. The predicted octanol–water partition coefficient (Wildman–Crippen LogP) is 0.759. The lowest BCUT2D eigenvalue weighted by Gasteiger charge is -2.06. The third kappa shape index (κ3) is 9.21. The Labute approximate surface area is 75.4 Å². The Bertz CT molecular complexity index is 285. The van der Waals surface area contributed by atoms with Crippen LogP contribution in [0.5, 0.6) is 0 Å². The molecule has 78 valence electrons. The van der Waals surface area contributed by atoms with Gasteiger partial charge in [0.2, 0.25) is 0 Å². The van der Waals surface area contributed by atoms with Crippen molar-refractivity contribution in [2.24, 2.45) is 0 Å². The number of hydrogen-bond acceptors (Lipinski definition) is 4. The molecule has 10 heteroatoms. The number of alkyl halides is 3. The molecule has 0 heterocycles. The van der Waals surface area contributed by atoms with E-state index in [-0.39, 0.29) is 0 Å². The SMILES string of the molecule is O=C(NS(=O)(=O)Cl)OCC(F)(F)F.